The first-order valence-electron chi connectivity index (χ1n) is 7.30. The minimum atomic E-state index is -0.0529. The van der Waals surface area contributed by atoms with Crippen LogP contribution in [0, 0.1) is 5.92 Å². The fraction of sp³-hybridized carbons (Fsp3) is 0.733. The summed E-state index contributed by atoms with van der Waals surface area (Å²) in [4.78, 5) is 9.08. The fourth-order valence-corrected chi connectivity index (χ4v) is 2.84. The van der Waals surface area contributed by atoms with E-state index in [9.17, 15) is 0 Å². The van der Waals surface area contributed by atoms with Crippen LogP contribution in [0.4, 0.5) is 5.82 Å². The van der Waals surface area contributed by atoms with Crippen LogP contribution in [0.3, 0.4) is 0 Å². The molecule has 0 bridgehead atoms. The monoisotopic (exact) mass is 341 g/mol. The topological polar surface area (TPSA) is 47.0 Å². The molecule has 112 valence electrons. The molecule has 2 rings (SSSR count). The molecule has 4 nitrogen and oxygen atoms in total. The molecular weight excluding hydrogens is 318 g/mol. The normalized spacial score (nSPS) is 23.1. The lowest BCUT2D eigenvalue weighted by Gasteiger charge is -2.20. The first kappa shape index (κ1) is 15.7. The minimum absolute atomic E-state index is 0.0529. The van der Waals surface area contributed by atoms with Crippen molar-refractivity contribution < 1.29 is 4.74 Å². The quantitative estimate of drug-likeness (QED) is 0.847. The van der Waals surface area contributed by atoms with Crippen LogP contribution in [-0.2, 0) is 10.2 Å². The Labute approximate surface area is 129 Å². The molecule has 20 heavy (non-hydrogen) atoms. The van der Waals surface area contributed by atoms with Gasteiger partial charge in [-0.15, -0.1) is 0 Å². The van der Waals surface area contributed by atoms with Crippen molar-refractivity contribution in [2.45, 2.75) is 52.1 Å². The largest absolute Gasteiger partial charge is 0.378 e. The molecule has 0 saturated carbocycles. The molecular formula is C15H24BrN3O. The first-order valence-corrected chi connectivity index (χ1v) is 8.10. The van der Waals surface area contributed by atoms with Gasteiger partial charge in [0.05, 0.1) is 6.10 Å². The van der Waals surface area contributed by atoms with Gasteiger partial charge in [-0.3, -0.25) is 0 Å². The summed E-state index contributed by atoms with van der Waals surface area (Å²) in [7, 11) is 0. The Hall–Kier alpha value is -0.680. The molecule has 1 N–H and O–H groups in total. The summed E-state index contributed by atoms with van der Waals surface area (Å²) in [5.74, 6) is 2.31. The van der Waals surface area contributed by atoms with Gasteiger partial charge in [-0.2, -0.15) is 0 Å². The SMILES string of the molecule is CCC1OCCC1CNc1cc(Br)nc(C(C)(C)C)n1. The van der Waals surface area contributed by atoms with Gasteiger partial charge in [0.25, 0.3) is 0 Å². The summed E-state index contributed by atoms with van der Waals surface area (Å²) in [6, 6.07) is 1.94. The van der Waals surface area contributed by atoms with Gasteiger partial charge in [0.1, 0.15) is 16.2 Å². The Morgan fingerprint density at radius 3 is 2.80 bits per heavy atom. The molecule has 0 aromatic carbocycles. The second kappa shape index (κ2) is 6.39. The Bertz CT molecular complexity index is 459. The van der Waals surface area contributed by atoms with E-state index in [1.807, 2.05) is 6.07 Å². The second-order valence-corrected chi connectivity index (χ2v) is 7.21. The summed E-state index contributed by atoms with van der Waals surface area (Å²) in [5, 5.41) is 3.44. The highest BCUT2D eigenvalue weighted by atomic mass is 79.9. The van der Waals surface area contributed by atoms with Gasteiger partial charge in [0.2, 0.25) is 0 Å². The molecule has 1 aromatic rings. The van der Waals surface area contributed by atoms with Crippen molar-refractivity contribution in [3.8, 4) is 0 Å². The average molecular weight is 342 g/mol. The molecule has 2 atom stereocenters. The summed E-state index contributed by atoms with van der Waals surface area (Å²) in [5.41, 5.74) is -0.0529. The van der Waals surface area contributed by atoms with E-state index in [4.69, 9.17) is 4.74 Å². The number of nitrogens with zero attached hydrogens (tertiary/aromatic N) is 2. The minimum Gasteiger partial charge on any atom is -0.378 e. The van der Waals surface area contributed by atoms with E-state index in [2.05, 4.69) is 58.9 Å². The van der Waals surface area contributed by atoms with Crippen LogP contribution < -0.4 is 5.32 Å². The maximum Gasteiger partial charge on any atom is 0.137 e. The van der Waals surface area contributed by atoms with Gasteiger partial charge >= 0.3 is 0 Å². The Balaban J connectivity index is 2.04. The molecule has 0 amide bonds. The van der Waals surface area contributed by atoms with Gasteiger partial charge in [0, 0.05) is 30.6 Å². The van der Waals surface area contributed by atoms with E-state index in [0.717, 1.165) is 42.2 Å². The first-order chi connectivity index (χ1) is 9.40. The van der Waals surface area contributed by atoms with Gasteiger partial charge in [-0.1, -0.05) is 27.7 Å². The molecule has 2 heterocycles. The lowest BCUT2D eigenvalue weighted by Crippen LogP contribution is -2.24. The van der Waals surface area contributed by atoms with Crippen LogP contribution in [0.5, 0.6) is 0 Å². The predicted octanol–water partition coefficient (Wildman–Crippen LogP) is 3.76. The molecule has 5 heteroatoms. The van der Waals surface area contributed by atoms with Crippen LogP contribution in [0.25, 0.3) is 0 Å². The smallest absolute Gasteiger partial charge is 0.137 e. The number of nitrogens with one attached hydrogen (secondary N) is 1. The van der Waals surface area contributed by atoms with Gasteiger partial charge < -0.3 is 10.1 Å². The number of hydrogen-bond acceptors (Lipinski definition) is 4. The fourth-order valence-electron chi connectivity index (χ4n) is 2.46. The summed E-state index contributed by atoms with van der Waals surface area (Å²) < 4.78 is 6.55. The molecule has 0 radical (unpaired) electrons. The zero-order valence-corrected chi connectivity index (χ0v) is 14.3. The molecule has 0 spiro atoms. The third-order valence-corrected chi connectivity index (χ3v) is 4.07. The zero-order chi connectivity index (χ0) is 14.8. The molecule has 1 aliphatic heterocycles. The van der Waals surface area contributed by atoms with Crippen molar-refractivity contribution in [1.82, 2.24) is 9.97 Å². The highest BCUT2D eigenvalue weighted by Gasteiger charge is 2.26. The summed E-state index contributed by atoms with van der Waals surface area (Å²) in [6.07, 6.45) is 2.59. The zero-order valence-electron chi connectivity index (χ0n) is 12.7. The number of aromatic nitrogens is 2. The van der Waals surface area contributed by atoms with E-state index < -0.39 is 0 Å². The Morgan fingerprint density at radius 1 is 1.40 bits per heavy atom. The molecule has 1 aromatic heterocycles. The van der Waals surface area contributed by atoms with Gasteiger partial charge in [0.15, 0.2) is 0 Å². The Morgan fingerprint density at radius 2 is 2.15 bits per heavy atom. The highest BCUT2D eigenvalue weighted by molar-refractivity contribution is 9.10. The summed E-state index contributed by atoms with van der Waals surface area (Å²) in [6.45, 7) is 10.3. The maximum atomic E-state index is 5.72. The van der Waals surface area contributed by atoms with E-state index in [-0.39, 0.29) is 5.41 Å². The van der Waals surface area contributed by atoms with Crippen LogP contribution in [0.15, 0.2) is 10.7 Å². The molecule has 0 aliphatic carbocycles. The molecule has 1 aliphatic rings. The highest BCUT2D eigenvalue weighted by Crippen LogP contribution is 2.25. The van der Waals surface area contributed by atoms with Crippen molar-refractivity contribution in [3.05, 3.63) is 16.5 Å². The number of halogens is 1. The van der Waals surface area contributed by atoms with Crippen molar-refractivity contribution in [2.75, 3.05) is 18.5 Å². The number of rotatable bonds is 4. The van der Waals surface area contributed by atoms with Crippen LogP contribution in [0.1, 0.15) is 46.4 Å². The third-order valence-electron chi connectivity index (χ3n) is 3.66. The maximum absolute atomic E-state index is 5.72. The van der Waals surface area contributed by atoms with E-state index in [1.165, 1.54) is 0 Å². The van der Waals surface area contributed by atoms with Gasteiger partial charge in [-0.05, 0) is 28.8 Å². The van der Waals surface area contributed by atoms with Crippen molar-refractivity contribution in [1.29, 1.82) is 0 Å². The number of anilines is 1. The standard InChI is InChI=1S/C15H24BrN3O/c1-5-11-10(6-7-20-11)9-17-13-8-12(16)18-14(19-13)15(2,3)4/h8,10-11H,5-7,9H2,1-4H3,(H,17,18,19). The van der Waals surface area contributed by atoms with E-state index >= 15 is 0 Å². The molecule has 2 unspecified atom stereocenters. The number of hydrogen-bond donors (Lipinski definition) is 1. The van der Waals surface area contributed by atoms with Crippen molar-refractivity contribution in [2.24, 2.45) is 5.92 Å². The van der Waals surface area contributed by atoms with Gasteiger partial charge in [-0.25, -0.2) is 9.97 Å². The van der Waals surface area contributed by atoms with E-state index in [1.54, 1.807) is 0 Å². The third kappa shape index (κ3) is 3.92. The van der Waals surface area contributed by atoms with Crippen molar-refractivity contribution in [3.63, 3.8) is 0 Å². The lowest BCUT2D eigenvalue weighted by atomic mass is 9.96. The van der Waals surface area contributed by atoms with Crippen LogP contribution >= 0.6 is 15.9 Å². The van der Waals surface area contributed by atoms with E-state index in [0.29, 0.717) is 12.0 Å². The molecule has 1 fully saturated rings. The second-order valence-electron chi connectivity index (χ2n) is 6.40. The predicted molar refractivity (Wildman–Crippen MR) is 85.1 cm³/mol. The summed E-state index contributed by atoms with van der Waals surface area (Å²) >= 11 is 3.47. The van der Waals surface area contributed by atoms with Crippen LogP contribution in [0.2, 0.25) is 0 Å². The molecule has 1 saturated heterocycles. The number of ether oxygens (including phenoxy) is 1. The Kier molecular flexibility index (Phi) is 5.02. The lowest BCUT2D eigenvalue weighted by molar-refractivity contribution is 0.0900. The van der Waals surface area contributed by atoms with Crippen LogP contribution in [-0.4, -0.2) is 29.2 Å². The van der Waals surface area contributed by atoms with Crippen molar-refractivity contribution >= 4 is 21.7 Å². The average Bonchev–Trinajstić information content (AvgIpc) is 2.82.